The van der Waals surface area contributed by atoms with Crippen LogP contribution < -0.4 is 10.6 Å². The molecule has 0 saturated carbocycles. The largest absolute Gasteiger partial charge is 0.444 e. The minimum absolute atomic E-state index is 0.186. The average Bonchev–Trinajstić information content (AvgIpc) is 3.02. The number of benzene rings is 1. The van der Waals surface area contributed by atoms with Gasteiger partial charge in [-0.15, -0.1) is 0 Å². The highest BCUT2D eigenvalue weighted by atomic mass is 16.3. The molecule has 0 saturated heterocycles. The Labute approximate surface area is 135 Å². The van der Waals surface area contributed by atoms with Crippen LogP contribution in [0.2, 0.25) is 0 Å². The number of amides is 2. The predicted molar refractivity (Wildman–Crippen MR) is 87.6 cm³/mol. The van der Waals surface area contributed by atoms with Crippen LogP contribution >= 0.6 is 0 Å². The van der Waals surface area contributed by atoms with E-state index in [1.807, 2.05) is 44.2 Å². The first-order valence-corrected chi connectivity index (χ1v) is 7.76. The molecule has 1 atom stereocenters. The number of carbonyl (C=O) groups is 1. The molecule has 0 spiro atoms. The number of aromatic nitrogens is 1. The van der Waals surface area contributed by atoms with Crippen LogP contribution in [-0.2, 0) is 6.54 Å². The van der Waals surface area contributed by atoms with Crippen LogP contribution in [0, 0.1) is 5.92 Å². The second-order valence-corrected chi connectivity index (χ2v) is 5.72. The Morgan fingerprint density at radius 2 is 2.00 bits per heavy atom. The van der Waals surface area contributed by atoms with Crippen molar-refractivity contribution in [3.05, 3.63) is 42.3 Å². The molecule has 6 heteroatoms. The summed E-state index contributed by atoms with van der Waals surface area (Å²) >= 11 is 0. The molecule has 3 N–H and O–H groups in total. The van der Waals surface area contributed by atoms with Crippen molar-refractivity contribution in [1.82, 2.24) is 15.6 Å². The Bertz CT molecular complexity index is 611. The average molecular weight is 317 g/mol. The Morgan fingerprint density at radius 3 is 2.70 bits per heavy atom. The summed E-state index contributed by atoms with van der Waals surface area (Å²) in [5.41, 5.74) is 1.55. The lowest BCUT2D eigenvalue weighted by Crippen LogP contribution is -2.37. The van der Waals surface area contributed by atoms with E-state index >= 15 is 0 Å². The van der Waals surface area contributed by atoms with E-state index in [2.05, 4.69) is 15.6 Å². The Hall–Kier alpha value is -2.34. The fourth-order valence-electron chi connectivity index (χ4n) is 2.00. The number of aliphatic hydroxyl groups is 1. The lowest BCUT2D eigenvalue weighted by atomic mass is 10.0. The molecule has 0 aliphatic carbocycles. The minimum atomic E-state index is -0.403. The van der Waals surface area contributed by atoms with Crippen LogP contribution in [0.4, 0.5) is 4.79 Å². The number of nitrogens with zero attached hydrogens (tertiary/aromatic N) is 1. The smallest absolute Gasteiger partial charge is 0.315 e. The zero-order valence-electron chi connectivity index (χ0n) is 13.5. The number of hydrogen-bond donors (Lipinski definition) is 3. The van der Waals surface area contributed by atoms with Gasteiger partial charge in [-0.1, -0.05) is 32.0 Å². The molecule has 1 unspecified atom stereocenters. The fourth-order valence-corrected chi connectivity index (χ4v) is 2.00. The molecule has 2 aromatic rings. The first kappa shape index (κ1) is 17.0. The van der Waals surface area contributed by atoms with E-state index in [1.165, 1.54) is 6.26 Å². The third kappa shape index (κ3) is 5.41. The van der Waals surface area contributed by atoms with Crippen molar-refractivity contribution in [1.29, 1.82) is 0 Å². The van der Waals surface area contributed by atoms with Crippen molar-refractivity contribution < 1.29 is 14.3 Å². The van der Waals surface area contributed by atoms with E-state index in [1.54, 1.807) is 0 Å². The van der Waals surface area contributed by atoms with Gasteiger partial charge in [0.25, 0.3) is 0 Å². The molecule has 2 rings (SSSR count). The van der Waals surface area contributed by atoms with Crippen LogP contribution in [0.15, 0.2) is 41.0 Å². The van der Waals surface area contributed by atoms with Gasteiger partial charge in [0, 0.05) is 12.1 Å². The SMILES string of the molecule is CC(C)C(O)CCNC(=O)NCc1coc(-c2ccccc2)n1. The minimum Gasteiger partial charge on any atom is -0.444 e. The second kappa shape index (κ2) is 8.33. The third-order valence-electron chi connectivity index (χ3n) is 3.50. The molecular formula is C17H23N3O3. The van der Waals surface area contributed by atoms with Crippen LogP contribution in [-0.4, -0.2) is 28.8 Å². The summed E-state index contributed by atoms with van der Waals surface area (Å²) in [7, 11) is 0. The van der Waals surface area contributed by atoms with Gasteiger partial charge in [-0.25, -0.2) is 9.78 Å². The number of aliphatic hydroxyl groups excluding tert-OH is 1. The van der Waals surface area contributed by atoms with E-state index in [4.69, 9.17) is 4.42 Å². The normalized spacial score (nSPS) is 12.2. The highest BCUT2D eigenvalue weighted by Crippen LogP contribution is 2.17. The van der Waals surface area contributed by atoms with E-state index in [0.29, 0.717) is 24.6 Å². The molecule has 6 nitrogen and oxygen atoms in total. The maximum atomic E-state index is 11.7. The Balaban J connectivity index is 1.74. The summed E-state index contributed by atoms with van der Waals surface area (Å²) in [5.74, 6) is 0.717. The molecule has 0 bridgehead atoms. The molecular weight excluding hydrogens is 294 g/mol. The van der Waals surface area contributed by atoms with Crippen molar-refractivity contribution in [2.45, 2.75) is 32.9 Å². The molecule has 0 aliphatic rings. The number of urea groups is 1. The maximum absolute atomic E-state index is 11.7. The number of oxazole rings is 1. The van der Waals surface area contributed by atoms with Gasteiger partial charge in [-0.2, -0.15) is 0 Å². The lowest BCUT2D eigenvalue weighted by Gasteiger charge is -2.14. The fraction of sp³-hybridized carbons (Fsp3) is 0.412. The topological polar surface area (TPSA) is 87.4 Å². The van der Waals surface area contributed by atoms with Crippen LogP contribution in [0.25, 0.3) is 11.5 Å². The van der Waals surface area contributed by atoms with Crippen LogP contribution in [0.3, 0.4) is 0 Å². The standard InChI is InChI=1S/C17H23N3O3/c1-12(2)15(21)8-9-18-17(22)19-10-14-11-23-16(20-14)13-6-4-3-5-7-13/h3-7,11-12,15,21H,8-10H2,1-2H3,(H2,18,19,22). The monoisotopic (exact) mass is 317 g/mol. The third-order valence-corrected chi connectivity index (χ3v) is 3.50. The molecule has 0 aliphatic heterocycles. The molecule has 2 amide bonds. The summed E-state index contributed by atoms with van der Waals surface area (Å²) in [6.45, 7) is 4.60. The second-order valence-electron chi connectivity index (χ2n) is 5.72. The van der Waals surface area contributed by atoms with Crippen LogP contribution in [0.5, 0.6) is 0 Å². The van der Waals surface area contributed by atoms with Gasteiger partial charge in [0.1, 0.15) is 6.26 Å². The summed E-state index contributed by atoms with van der Waals surface area (Å²) < 4.78 is 5.41. The van der Waals surface area contributed by atoms with Gasteiger partial charge in [-0.05, 0) is 24.5 Å². The number of hydrogen-bond acceptors (Lipinski definition) is 4. The van der Waals surface area contributed by atoms with Gasteiger partial charge < -0.3 is 20.2 Å². The van der Waals surface area contributed by atoms with Crippen molar-refractivity contribution in [2.24, 2.45) is 5.92 Å². The molecule has 1 aromatic heterocycles. The molecule has 0 fully saturated rings. The van der Waals surface area contributed by atoms with Crippen molar-refractivity contribution in [3.63, 3.8) is 0 Å². The van der Waals surface area contributed by atoms with Crippen molar-refractivity contribution >= 4 is 6.03 Å². The van der Waals surface area contributed by atoms with Crippen molar-refractivity contribution in [2.75, 3.05) is 6.54 Å². The van der Waals surface area contributed by atoms with E-state index < -0.39 is 6.10 Å². The number of rotatable bonds is 7. The Morgan fingerprint density at radius 1 is 1.26 bits per heavy atom. The van der Waals surface area contributed by atoms with Crippen LogP contribution in [0.1, 0.15) is 26.0 Å². The van der Waals surface area contributed by atoms with E-state index in [-0.39, 0.29) is 18.5 Å². The first-order chi connectivity index (χ1) is 11.1. The molecule has 124 valence electrons. The summed E-state index contributed by atoms with van der Waals surface area (Å²) in [6, 6.07) is 9.29. The molecule has 0 radical (unpaired) electrons. The van der Waals surface area contributed by atoms with Gasteiger partial charge in [-0.3, -0.25) is 0 Å². The number of carbonyl (C=O) groups excluding carboxylic acids is 1. The summed E-state index contributed by atoms with van der Waals surface area (Å²) in [4.78, 5) is 16.0. The highest BCUT2D eigenvalue weighted by molar-refractivity contribution is 5.73. The van der Waals surface area contributed by atoms with Gasteiger partial charge >= 0.3 is 6.03 Å². The van der Waals surface area contributed by atoms with E-state index in [9.17, 15) is 9.90 Å². The molecule has 23 heavy (non-hydrogen) atoms. The number of nitrogens with one attached hydrogen (secondary N) is 2. The van der Waals surface area contributed by atoms with Gasteiger partial charge in [0.15, 0.2) is 0 Å². The highest BCUT2D eigenvalue weighted by Gasteiger charge is 2.10. The lowest BCUT2D eigenvalue weighted by molar-refractivity contribution is 0.116. The zero-order chi connectivity index (χ0) is 16.7. The summed E-state index contributed by atoms with van der Waals surface area (Å²) in [6.07, 6.45) is 1.66. The zero-order valence-corrected chi connectivity index (χ0v) is 13.5. The molecule has 1 heterocycles. The van der Waals surface area contributed by atoms with E-state index in [0.717, 1.165) is 5.56 Å². The predicted octanol–water partition coefficient (Wildman–Crippen LogP) is 2.55. The molecule has 1 aromatic carbocycles. The quantitative estimate of drug-likeness (QED) is 0.732. The summed E-state index contributed by atoms with van der Waals surface area (Å²) in [5, 5.41) is 15.1. The van der Waals surface area contributed by atoms with Gasteiger partial charge in [0.2, 0.25) is 5.89 Å². The van der Waals surface area contributed by atoms with Gasteiger partial charge in [0.05, 0.1) is 18.3 Å². The Kier molecular flexibility index (Phi) is 6.17. The first-order valence-electron chi connectivity index (χ1n) is 7.76. The van der Waals surface area contributed by atoms with Crippen molar-refractivity contribution in [3.8, 4) is 11.5 Å². The maximum Gasteiger partial charge on any atom is 0.315 e.